The highest BCUT2D eigenvalue weighted by atomic mass is 19.4. The third-order valence-electron chi connectivity index (χ3n) is 6.57. The molecular formula is C25H23F3N2O5. The normalized spacial score (nSPS) is 19.4. The molecule has 5 rings (SSSR count). The second-order valence-corrected chi connectivity index (χ2v) is 8.89. The van der Waals surface area contributed by atoms with Crippen LogP contribution in [-0.2, 0) is 15.8 Å². The van der Waals surface area contributed by atoms with Crippen molar-refractivity contribution in [2.45, 2.75) is 37.5 Å². The predicted molar refractivity (Wildman–Crippen MR) is 121 cm³/mol. The molecule has 7 nitrogen and oxygen atoms in total. The summed E-state index contributed by atoms with van der Waals surface area (Å²) in [5.41, 5.74) is 0.440. The number of anilines is 2. The van der Waals surface area contributed by atoms with Crippen molar-refractivity contribution >= 4 is 28.8 Å². The molecule has 0 radical (unpaired) electrons. The zero-order valence-electron chi connectivity index (χ0n) is 18.7. The number of ether oxygens (including phenoxy) is 2. The minimum Gasteiger partial charge on any atom is -0.486 e. The summed E-state index contributed by atoms with van der Waals surface area (Å²) < 4.78 is 51.3. The van der Waals surface area contributed by atoms with E-state index in [1.54, 1.807) is 18.2 Å². The lowest BCUT2D eigenvalue weighted by molar-refractivity contribution is -0.138. The monoisotopic (exact) mass is 488 g/mol. The first-order valence-corrected chi connectivity index (χ1v) is 11.3. The van der Waals surface area contributed by atoms with Crippen molar-refractivity contribution in [3.63, 3.8) is 0 Å². The van der Waals surface area contributed by atoms with Crippen molar-refractivity contribution in [1.29, 1.82) is 0 Å². The molecule has 2 heterocycles. The molecule has 1 fully saturated rings. The van der Waals surface area contributed by atoms with Crippen LogP contribution in [0.5, 0.6) is 11.5 Å². The summed E-state index contributed by atoms with van der Waals surface area (Å²) in [6, 6.07) is 8.26. The molecule has 1 spiro atoms. The van der Waals surface area contributed by atoms with Gasteiger partial charge in [0, 0.05) is 24.6 Å². The number of fused-ring (bicyclic) bond motifs is 2. The largest absolute Gasteiger partial charge is 0.486 e. The second-order valence-electron chi connectivity index (χ2n) is 8.89. The highest BCUT2D eigenvalue weighted by Crippen LogP contribution is 2.50. The Morgan fingerprint density at radius 3 is 2.71 bits per heavy atom. The highest BCUT2D eigenvalue weighted by molar-refractivity contribution is 6.07. The lowest BCUT2D eigenvalue weighted by atomic mass is 9.72. The second kappa shape index (κ2) is 8.60. The van der Waals surface area contributed by atoms with Gasteiger partial charge in [-0.15, -0.1) is 0 Å². The smallest absolute Gasteiger partial charge is 0.416 e. The number of carbonyl (C=O) groups is 2. The molecule has 10 heteroatoms. The van der Waals surface area contributed by atoms with Gasteiger partial charge in [-0.1, -0.05) is 12.1 Å². The van der Waals surface area contributed by atoms with Gasteiger partial charge in [-0.3, -0.25) is 9.59 Å². The van der Waals surface area contributed by atoms with Crippen LogP contribution in [0.3, 0.4) is 0 Å². The maximum Gasteiger partial charge on any atom is 0.416 e. The van der Waals surface area contributed by atoms with Gasteiger partial charge in [-0.05, 0) is 49.1 Å². The van der Waals surface area contributed by atoms with Gasteiger partial charge >= 0.3 is 6.18 Å². The number of β-amino-alcohol motifs (C(OH)–C–C–N with tert-alkyl or cyclic N) is 1. The molecule has 0 unspecified atom stereocenters. The Morgan fingerprint density at radius 1 is 1.23 bits per heavy atom. The molecule has 184 valence electrons. The summed E-state index contributed by atoms with van der Waals surface area (Å²) >= 11 is 0. The molecule has 2 aromatic carbocycles. The minimum absolute atomic E-state index is 0.0927. The van der Waals surface area contributed by atoms with E-state index in [0.717, 1.165) is 18.6 Å². The fraction of sp³-hybridized carbons (Fsp3) is 0.360. The topological polar surface area (TPSA) is 88.1 Å². The summed E-state index contributed by atoms with van der Waals surface area (Å²) in [5.74, 6) is -0.349. The third-order valence-corrected chi connectivity index (χ3v) is 6.57. The van der Waals surface area contributed by atoms with Crippen LogP contribution < -0.4 is 19.7 Å². The van der Waals surface area contributed by atoms with E-state index >= 15 is 0 Å². The van der Waals surface area contributed by atoms with E-state index in [-0.39, 0.29) is 31.4 Å². The van der Waals surface area contributed by atoms with Crippen LogP contribution >= 0.6 is 0 Å². The third kappa shape index (κ3) is 4.34. The molecule has 1 aliphatic carbocycles. The Bertz CT molecular complexity index is 1220. The molecule has 2 N–H and O–H groups in total. The van der Waals surface area contributed by atoms with E-state index in [9.17, 15) is 27.9 Å². The van der Waals surface area contributed by atoms with E-state index < -0.39 is 23.2 Å². The molecule has 2 amide bonds. The van der Waals surface area contributed by atoms with Crippen LogP contribution in [0.1, 0.15) is 36.8 Å². The van der Waals surface area contributed by atoms with E-state index in [4.69, 9.17) is 9.47 Å². The first-order valence-electron chi connectivity index (χ1n) is 11.3. The number of aliphatic hydroxyl groups is 1. The van der Waals surface area contributed by atoms with Crippen LogP contribution in [-0.4, -0.2) is 42.3 Å². The highest BCUT2D eigenvalue weighted by Gasteiger charge is 2.44. The quantitative estimate of drug-likeness (QED) is 0.632. The standard InChI is InChI=1S/C25H23F3N2O5/c26-25(27,28)16-5-6-17-15(13-24(7-2-8-24)35-20(17)12-16)11-21(32)29-18-3-1-4-19-23(18)34-14-22(33)30(19)9-10-31/h1,3-6,11-12,31H,2,7-10,13-14H2,(H,29,32). The van der Waals surface area contributed by atoms with Gasteiger partial charge in [0.2, 0.25) is 5.91 Å². The van der Waals surface area contributed by atoms with Crippen LogP contribution in [0, 0.1) is 0 Å². The molecule has 0 aromatic heterocycles. The number of para-hydroxylation sites is 1. The average molecular weight is 488 g/mol. The molecule has 2 aliphatic heterocycles. The molecular weight excluding hydrogens is 465 g/mol. The maximum atomic E-state index is 13.2. The summed E-state index contributed by atoms with van der Waals surface area (Å²) in [6.07, 6.45) is -0.382. The number of benzene rings is 2. The van der Waals surface area contributed by atoms with E-state index in [0.29, 0.717) is 47.5 Å². The van der Waals surface area contributed by atoms with Gasteiger partial charge in [0.15, 0.2) is 12.4 Å². The molecule has 0 bridgehead atoms. The lowest BCUT2D eigenvalue weighted by Gasteiger charge is -2.46. The van der Waals surface area contributed by atoms with Crippen LogP contribution in [0.4, 0.5) is 24.5 Å². The number of nitrogens with zero attached hydrogens (tertiary/aromatic N) is 1. The Hall–Kier alpha value is -3.53. The van der Waals surface area contributed by atoms with Gasteiger partial charge in [0.1, 0.15) is 11.4 Å². The molecule has 2 aromatic rings. The maximum absolute atomic E-state index is 13.2. The molecule has 35 heavy (non-hydrogen) atoms. The first-order chi connectivity index (χ1) is 16.7. The average Bonchev–Trinajstić information content (AvgIpc) is 2.79. The number of hydrogen-bond donors (Lipinski definition) is 2. The Morgan fingerprint density at radius 2 is 2.03 bits per heavy atom. The van der Waals surface area contributed by atoms with E-state index in [1.165, 1.54) is 17.0 Å². The van der Waals surface area contributed by atoms with Crippen molar-refractivity contribution in [2.24, 2.45) is 0 Å². The van der Waals surface area contributed by atoms with Crippen molar-refractivity contribution in [2.75, 3.05) is 30.0 Å². The molecule has 3 aliphatic rings. The van der Waals surface area contributed by atoms with Crippen LogP contribution in [0.15, 0.2) is 42.5 Å². The number of hydrogen-bond acceptors (Lipinski definition) is 5. The Balaban J connectivity index is 1.45. The zero-order valence-corrected chi connectivity index (χ0v) is 18.7. The summed E-state index contributed by atoms with van der Waals surface area (Å²) in [5, 5.41) is 12.0. The van der Waals surface area contributed by atoms with Gasteiger partial charge in [-0.25, -0.2) is 0 Å². The van der Waals surface area contributed by atoms with E-state index in [1.807, 2.05) is 0 Å². The number of carbonyl (C=O) groups excluding carboxylic acids is 2. The minimum atomic E-state index is -4.50. The van der Waals surface area contributed by atoms with Crippen molar-refractivity contribution in [3.05, 3.63) is 53.6 Å². The van der Waals surface area contributed by atoms with Crippen molar-refractivity contribution in [1.82, 2.24) is 0 Å². The molecule has 0 saturated heterocycles. The zero-order chi connectivity index (χ0) is 24.8. The number of halogens is 3. The lowest BCUT2D eigenvalue weighted by Crippen LogP contribution is -2.45. The first kappa shape index (κ1) is 23.2. The summed E-state index contributed by atoms with van der Waals surface area (Å²) in [7, 11) is 0. The number of nitrogens with one attached hydrogen (secondary N) is 1. The number of rotatable bonds is 4. The predicted octanol–water partition coefficient (Wildman–Crippen LogP) is 4.15. The molecule has 0 atom stereocenters. The van der Waals surface area contributed by atoms with Crippen LogP contribution in [0.2, 0.25) is 0 Å². The number of alkyl halides is 3. The van der Waals surface area contributed by atoms with Crippen molar-refractivity contribution in [3.8, 4) is 11.5 Å². The fourth-order valence-corrected chi connectivity index (χ4v) is 4.74. The summed E-state index contributed by atoms with van der Waals surface area (Å²) in [4.78, 5) is 26.5. The van der Waals surface area contributed by atoms with Gasteiger partial charge < -0.3 is 24.8 Å². The number of aliphatic hydroxyl groups excluding tert-OH is 1. The van der Waals surface area contributed by atoms with Gasteiger partial charge in [-0.2, -0.15) is 13.2 Å². The fourth-order valence-electron chi connectivity index (χ4n) is 4.74. The number of amides is 2. The SMILES string of the molecule is O=C(C=C1CC2(CCC2)Oc2cc(C(F)(F)F)ccc21)Nc1cccc2c1OCC(=O)N2CCO. The Kier molecular flexibility index (Phi) is 5.71. The van der Waals surface area contributed by atoms with Crippen LogP contribution in [0.25, 0.3) is 5.57 Å². The molecule has 1 saturated carbocycles. The van der Waals surface area contributed by atoms with E-state index in [2.05, 4.69) is 5.32 Å². The van der Waals surface area contributed by atoms with Gasteiger partial charge in [0.05, 0.1) is 23.5 Å². The Labute approximate surface area is 199 Å². The van der Waals surface area contributed by atoms with Gasteiger partial charge in [0.25, 0.3) is 5.91 Å². The van der Waals surface area contributed by atoms with Crippen molar-refractivity contribution < 1.29 is 37.3 Å². The summed E-state index contributed by atoms with van der Waals surface area (Å²) in [6.45, 7) is -0.363.